The Morgan fingerprint density at radius 3 is 2.68 bits per heavy atom. The van der Waals surface area contributed by atoms with Crippen molar-refractivity contribution >= 4 is 27.3 Å². The predicted octanol–water partition coefficient (Wildman–Crippen LogP) is 6.66. The van der Waals surface area contributed by atoms with Gasteiger partial charge in [0.25, 0.3) is 0 Å². The van der Waals surface area contributed by atoms with Crippen molar-refractivity contribution in [2.75, 3.05) is 13.7 Å². The Hall–Kier alpha value is -3.46. The SMILES string of the molecule is COc1cc(-c2cncc(-c3cc(Br)cs3)n2)ccc1-c1ncc2c(n1)CCN(Cc1ccccc1)C2. The first-order valence-corrected chi connectivity index (χ1v) is 13.7. The lowest BCUT2D eigenvalue weighted by molar-refractivity contribution is 0.243. The first-order valence-electron chi connectivity index (χ1n) is 12.0. The summed E-state index contributed by atoms with van der Waals surface area (Å²) < 4.78 is 6.81. The first kappa shape index (κ1) is 23.9. The monoisotopic (exact) mass is 569 g/mol. The van der Waals surface area contributed by atoms with E-state index in [1.807, 2.05) is 29.8 Å². The zero-order valence-corrected chi connectivity index (χ0v) is 22.7. The fourth-order valence-electron chi connectivity index (χ4n) is 4.59. The Bertz CT molecular complexity index is 1560. The fraction of sp³-hybridized carbons (Fsp3) is 0.172. The van der Waals surface area contributed by atoms with Gasteiger partial charge in [0.05, 0.1) is 47.0 Å². The van der Waals surface area contributed by atoms with Crippen LogP contribution in [0.5, 0.6) is 5.75 Å². The maximum atomic E-state index is 5.77. The number of halogens is 1. The van der Waals surface area contributed by atoms with Gasteiger partial charge in [0.1, 0.15) is 5.75 Å². The van der Waals surface area contributed by atoms with Crippen LogP contribution in [0.25, 0.3) is 33.2 Å². The molecular formula is C29H24BrN5OS. The van der Waals surface area contributed by atoms with Crippen molar-refractivity contribution < 1.29 is 4.74 Å². The van der Waals surface area contributed by atoms with Crippen molar-refractivity contribution in [1.82, 2.24) is 24.8 Å². The molecule has 1 aliphatic heterocycles. The van der Waals surface area contributed by atoms with E-state index >= 15 is 0 Å². The number of nitrogens with zero attached hydrogens (tertiary/aromatic N) is 5. The smallest absolute Gasteiger partial charge is 0.163 e. The van der Waals surface area contributed by atoms with E-state index in [1.165, 1.54) is 11.1 Å². The molecule has 37 heavy (non-hydrogen) atoms. The normalized spacial score (nSPS) is 13.4. The maximum Gasteiger partial charge on any atom is 0.163 e. The lowest BCUT2D eigenvalue weighted by Gasteiger charge is -2.28. The minimum absolute atomic E-state index is 0.682. The van der Waals surface area contributed by atoms with E-state index in [0.717, 1.165) is 63.6 Å². The Balaban J connectivity index is 1.25. The number of hydrogen-bond donors (Lipinski definition) is 0. The molecule has 0 saturated heterocycles. The molecular weight excluding hydrogens is 546 g/mol. The molecule has 0 unspecified atom stereocenters. The Kier molecular flexibility index (Phi) is 6.78. The second kappa shape index (κ2) is 10.5. The van der Waals surface area contributed by atoms with Gasteiger partial charge >= 0.3 is 0 Å². The molecule has 0 aliphatic carbocycles. The van der Waals surface area contributed by atoms with Gasteiger partial charge in [-0.3, -0.25) is 9.88 Å². The van der Waals surface area contributed by atoms with Crippen molar-refractivity contribution in [2.45, 2.75) is 19.5 Å². The van der Waals surface area contributed by atoms with Crippen LogP contribution < -0.4 is 4.74 Å². The van der Waals surface area contributed by atoms with Crippen LogP contribution in [0.3, 0.4) is 0 Å². The van der Waals surface area contributed by atoms with Crippen LogP contribution in [0, 0.1) is 0 Å². The van der Waals surface area contributed by atoms with Crippen LogP contribution >= 0.6 is 27.3 Å². The first-order chi connectivity index (χ1) is 18.2. The van der Waals surface area contributed by atoms with Crippen molar-refractivity contribution in [3.05, 3.63) is 99.9 Å². The lowest BCUT2D eigenvalue weighted by atomic mass is 10.0. The molecule has 0 amide bonds. The summed E-state index contributed by atoms with van der Waals surface area (Å²) in [5.74, 6) is 1.40. The summed E-state index contributed by atoms with van der Waals surface area (Å²) >= 11 is 5.14. The highest BCUT2D eigenvalue weighted by atomic mass is 79.9. The number of benzene rings is 2. The van der Waals surface area contributed by atoms with Crippen LogP contribution in [0.1, 0.15) is 16.8 Å². The van der Waals surface area contributed by atoms with Crippen LogP contribution in [0.2, 0.25) is 0 Å². The molecule has 0 spiro atoms. The highest BCUT2D eigenvalue weighted by molar-refractivity contribution is 9.10. The van der Waals surface area contributed by atoms with Crippen molar-refractivity contribution in [3.63, 3.8) is 0 Å². The van der Waals surface area contributed by atoms with Gasteiger partial charge < -0.3 is 4.74 Å². The molecule has 0 bridgehead atoms. The Morgan fingerprint density at radius 2 is 1.86 bits per heavy atom. The number of methoxy groups -OCH3 is 1. The summed E-state index contributed by atoms with van der Waals surface area (Å²) in [5.41, 5.74) is 7.06. The molecule has 4 heterocycles. The molecule has 1 aliphatic rings. The van der Waals surface area contributed by atoms with E-state index in [-0.39, 0.29) is 0 Å². The average molecular weight is 571 g/mol. The van der Waals surface area contributed by atoms with E-state index in [0.29, 0.717) is 11.6 Å². The number of fused-ring (bicyclic) bond motifs is 1. The van der Waals surface area contributed by atoms with Crippen LogP contribution in [0.15, 0.2) is 83.0 Å². The molecule has 0 N–H and O–H groups in total. The molecule has 5 aromatic rings. The van der Waals surface area contributed by atoms with Gasteiger partial charge in [-0.05, 0) is 39.7 Å². The largest absolute Gasteiger partial charge is 0.496 e. The van der Waals surface area contributed by atoms with Crippen LogP contribution in [-0.4, -0.2) is 38.5 Å². The topological polar surface area (TPSA) is 64.0 Å². The molecule has 2 aromatic carbocycles. The molecule has 0 fully saturated rings. The summed E-state index contributed by atoms with van der Waals surface area (Å²) in [6.07, 6.45) is 6.43. The van der Waals surface area contributed by atoms with Gasteiger partial charge in [-0.25, -0.2) is 15.0 Å². The van der Waals surface area contributed by atoms with Gasteiger partial charge in [-0.1, -0.05) is 36.4 Å². The van der Waals surface area contributed by atoms with Gasteiger partial charge in [-0.15, -0.1) is 11.3 Å². The standard InChI is InChI=1S/C29H24BrN5OS/c1-36-27-11-20(25-14-31-15-26(33-25)28-12-22(30)18-37-28)7-8-23(27)29-32-13-21-17-35(10-9-24(21)34-29)16-19-5-3-2-4-6-19/h2-8,11-15,18H,9-10,16-17H2,1H3. The maximum absolute atomic E-state index is 5.77. The third kappa shape index (κ3) is 5.18. The van der Waals surface area contributed by atoms with Gasteiger partial charge in [0.15, 0.2) is 5.82 Å². The van der Waals surface area contributed by atoms with E-state index < -0.39 is 0 Å². The number of rotatable bonds is 6. The van der Waals surface area contributed by atoms with Gasteiger partial charge in [0, 0.05) is 53.2 Å². The van der Waals surface area contributed by atoms with Crippen molar-refractivity contribution in [1.29, 1.82) is 0 Å². The third-order valence-electron chi connectivity index (χ3n) is 6.45. The number of hydrogen-bond acceptors (Lipinski definition) is 7. The molecule has 0 saturated carbocycles. The number of ether oxygens (including phenoxy) is 1. The summed E-state index contributed by atoms with van der Waals surface area (Å²) in [5, 5.41) is 2.04. The van der Waals surface area contributed by atoms with Crippen molar-refractivity contribution in [2.24, 2.45) is 0 Å². The van der Waals surface area contributed by atoms with E-state index in [1.54, 1.807) is 30.8 Å². The molecule has 3 aromatic heterocycles. The predicted molar refractivity (Wildman–Crippen MR) is 150 cm³/mol. The third-order valence-corrected chi connectivity index (χ3v) is 8.17. The fourth-order valence-corrected chi connectivity index (χ4v) is 5.97. The van der Waals surface area contributed by atoms with Crippen LogP contribution in [-0.2, 0) is 19.5 Å². The molecule has 184 valence electrons. The quantitative estimate of drug-likeness (QED) is 0.228. The molecule has 6 rings (SSSR count). The molecule has 6 nitrogen and oxygen atoms in total. The average Bonchev–Trinajstić information content (AvgIpc) is 3.39. The molecule has 0 atom stereocenters. The Labute approximate surface area is 228 Å². The second-order valence-corrected chi connectivity index (χ2v) is 10.8. The Morgan fingerprint density at radius 1 is 1.00 bits per heavy atom. The van der Waals surface area contributed by atoms with Gasteiger partial charge in [0.2, 0.25) is 0 Å². The minimum Gasteiger partial charge on any atom is -0.496 e. The highest BCUT2D eigenvalue weighted by Gasteiger charge is 2.20. The highest BCUT2D eigenvalue weighted by Crippen LogP contribution is 2.34. The zero-order chi connectivity index (χ0) is 25.2. The summed E-state index contributed by atoms with van der Waals surface area (Å²) in [6, 6.07) is 18.7. The number of aromatic nitrogens is 4. The second-order valence-electron chi connectivity index (χ2n) is 8.95. The lowest BCUT2D eigenvalue weighted by Crippen LogP contribution is -2.30. The minimum atomic E-state index is 0.682. The molecule has 8 heteroatoms. The number of thiophene rings is 1. The summed E-state index contributed by atoms with van der Waals surface area (Å²) in [4.78, 5) is 22.4. The molecule has 0 radical (unpaired) electrons. The van der Waals surface area contributed by atoms with Crippen LogP contribution in [0.4, 0.5) is 0 Å². The zero-order valence-electron chi connectivity index (χ0n) is 20.3. The summed E-state index contributed by atoms with van der Waals surface area (Å²) in [6.45, 7) is 2.77. The van der Waals surface area contributed by atoms with Crippen molar-refractivity contribution in [3.8, 4) is 39.0 Å². The van der Waals surface area contributed by atoms with E-state index in [9.17, 15) is 0 Å². The van der Waals surface area contributed by atoms with Gasteiger partial charge in [-0.2, -0.15) is 0 Å². The summed E-state index contributed by atoms with van der Waals surface area (Å²) in [7, 11) is 1.67. The van der Waals surface area contributed by atoms with E-state index in [2.05, 4.69) is 62.2 Å². The van der Waals surface area contributed by atoms with E-state index in [4.69, 9.17) is 19.7 Å².